The molecular formula is C17H18N4O3S. The van der Waals surface area contributed by atoms with E-state index in [0.29, 0.717) is 28.0 Å². The fourth-order valence-electron chi connectivity index (χ4n) is 3.99. The molecule has 130 valence electrons. The van der Waals surface area contributed by atoms with Gasteiger partial charge in [-0.05, 0) is 31.2 Å². The van der Waals surface area contributed by atoms with Crippen LogP contribution in [0.2, 0.25) is 0 Å². The highest BCUT2D eigenvalue weighted by atomic mass is 32.1. The summed E-state index contributed by atoms with van der Waals surface area (Å²) in [6.45, 7) is 0. The Balaban J connectivity index is 1.63. The fraction of sp³-hybridized carbons (Fsp3) is 0.471. The van der Waals surface area contributed by atoms with E-state index in [1.165, 1.54) is 17.5 Å². The zero-order chi connectivity index (χ0) is 17.4. The molecule has 0 bridgehead atoms. The van der Waals surface area contributed by atoms with Crippen LogP contribution in [0.4, 0.5) is 0 Å². The lowest BCUT2D eigenvalue weighted by atomic mass is 9.85. The van der Waals surface area contributed by atoms with Crippen molar-refractivity contribution in [3.05, 3.63) is 29.5 Å². The Morgan fingerprint density at radius 1 is 1.16 bits per heavy atom. The Morgan fingerprint density at radius 3 is 2.68 bits per heavy atom. The Labute approximate surface area is 148 Å². The van der Waals surface area contributed by atoms with E-state index in [9.17, 15) is 14.7 Å². The SMILES string of the molecule is O=C(O)[C@@H]1C[C@H]2CCCC[C@@H]2N1C(=O)c1cnc(-c2ncccn2)s1. The number of hydrogen-bond donors (Lipinski definition) is 1. The predicted octanol–water partition coefficient (Wildman–Crippen LogP) is 2.46. The van der Waals surface area contributed by atoms with Crippen LogP contribution in [-0.2, 0) is 4.79 Å². The van der Waals surface area contributed by atoms with E-state index >= 15 is 0 Å². The number of amides is 1. The molecule has 1 aliphatic heterocycles. The number of carboxylic acids is 1. The standard InChI is InChI=1S/C17H18N4O3S/c22-16(13-9-20-15(25-13)14-18-6-3-7-19-14)21-11-5-2-1-4-10(11)8-12(21)17(23)24/h3,6-7,9-12H,1-2,4-5,8H2,(H,23,24)/t10-,11+,12+/m1/s1. The molecule has 1 saturated carbocycles. The van der Waals surface area contributed by atoms with Gasteiger partial charge >= 0.3 is 5.97 Å². The molecule has 0 aromatic carbocycles. The summed E-state index contributed by atoms with van der Waals surface area (Å²) in [5.74, 6) is -0.387. The number of aromatic nitrogens is 3. The maximum absolute atomic E-state index is 13.1. The lowest BCUT2D eigenvalue weighted by Gasteiger charge is -2.32. The number of carbonyl (C=O) groups is 2. The summed E-state index contributed by atoms with van der Waals surface area (Å²) >= 11 is 1.21. The molecule has 2 aromatic rings. The van der Waals surface area contributed by atoms with Crippen molar-refractivity contribution in [2.45, 2.75) is 44.2 Å². The number of hydrogen-bond acceptors (Lipinski definition) is 6. The minimum atomic E-state index is -0.918. The van der Waals surface area contributed by atoms with Gasteiger partial charge in [0.25, 0.3) is 5.91 Å². The highest BCUT2D eigenvalue weighted by Gasteiger charge is 2.48. The monoisotopic (exact) mass is 358 g/mol. The minimum Gasteiger partial charge on any atom is -0.480 e. The molecule has 8 heteroatoms. The number of nitrogens with zero attached hydrogens (tertiary/aromatic N) is 4. The molecule has 4 rings (SSSR count). The maximum atomic E-state index is 13.1. The molecule has 2 fully saturated rings. The molecule has 1 N–H and O–H groups in total. The molecule has 1 aliphatic carbocycles. The summed E-state index contributed by atoms with van der Waals surface area (Å²) in [6, 6.07) is 1.01. The van der Waals surface area contributed by atoms with Gasteiger partial charge in [0.15, 0.2) is 10.8 Å². The second kappa shape index (κ2) is 6.51. The fourth-order valence-corrected chi connectivity index (χ4v) is 4.79. The number of fused-ring (bicyclic) bond motifs is 1. The van der Waals surface area contributed by atoms with Gasteiger partial charge in [0.1, 0.15) is 10.9 Å². The van der Waals surface area contributed by atoms with Gasteiger partial charge in [0.05, 0.1) is 6.20 Å². The number of likely N-dealkylation sites (tertiary alicyclic amines) is 1. The molecule has 1 saturated heterocycles. The largest absolute Gasteiger partial charge is 0.480 e. The van der Waals surface area contributed by atoms with Crippen LogP contribution in [-0.4, -0.2) is 48.9 Å². The lowest BCUT2D eigenvalue weighted by Crippen LogP contribution is -2.46. The highest BCUT2D eigenvalue weighted by Crippen LogP contribution is 2.41. The average molecular weight is 358 g/mol. The summed E-state index contributed by atoms with van der Waals surface area (Å²) in [6.07, 6.45) is 9.36. The van der Waals surface area contributed by atoms with Crippen LogP contribution in [0.15, 0.2) is 24.7 Å². The third-order valence-corrected chi connectivity index (χ3v) is 6.06. The van der Waals surface area contributed by atoms with Crippen molar-refractivity contribution in [3.63, 3.8) is 0 Å². The molecular weight excluding hydrogens is 340 g/mol. The normalized spacial score (nSPS) is 25.6. The molecule has 3 heterocycles. The van der Waals surface area contributed by atoms with Crippen molar-refractivity contribution >= 4 is 23.2 Å². The van der Waals surface area contributed by atoms with Crippen molar-refractivity contribution in [3.8, 4) is 10.8 Å². The second-order valence-electron chi connectivity index (χ2n) is 6.52. The van der Waals surface area contributed by atoms with Crippen LogP contribution in [0.3, 0.4) is 0 Å². The van der Waals surface area contributed by atoms with Crippen molar-refractivity contribution in [1.82, 2.24) is 19.9 Å². The van der Waals surface area contributed by atoms with Crippen LogP contribution >= 0.6 is 11.3 Å². The van der Waals surface area contributed by atoms with Crippen LogP contribution in [0.1, 0.15) is 41.8 Å². The van der Waals surface area contributed by atoms with Crippen molar-refractivity contribution in [1.29, 1.82) is 0 Å². The Kier molecular flexibility index (Phi) is 4.20. The maximum Gasteiger partial charge on any atom is 0.326 e. The van der Waals surface area contributed by atoms with Crippen molar-refractivity contribution in [2.75, 3.05) is 0 Å². The highest BCUT2D eigenvalue weighted by molar-refractivity contribution is 7.16. The Hall–Kier alpha value is -2.35. The van der Waals surface area contributed by atoms with Gasteiger partial charge in [-0.2, -0.15) is 0 Å². The number of aliphatic carboxylic acids is 1. The topological polar surface area (TPSA) is 96.3 Å². The van der Waals surface area contributed by atoms with Gasteiger partial charge in [0.2, 0.25) is 0 Å². The molecule has 25 heavy (non-hydrogen) atoms. The van der Waals surface area contributed by atoms with Crippen LogP contribution in [0.25, 0.3) is 10.8 Å². The van der Waals surface area contributed by atoms with Gasteiger partial charge in [0, 0.05) is 18.4 Å². The zero-order valence-corrected chi connectivity index (χ0v) is 14.4. The van der Waals surface area contributed by atoms with Crippen LogP contribution in [0.5, 0.6) is 0 Å². The summed E-state index contributed by atoms with van der Waals surface area (Å²) in [4.78, 5) is 39.3. The summed E-state index contributed by atoms with van der Waals surface area (Å²) in [7, 11) is 0. The summed E-state index contributed by atoms with van der Waals surface area (Å²) in [5.41, 5.74) is 0. The van der Waals surface area contributed by atoms with E-state index in [1.54, 1.807) is 23.4 Å². The van der Waals surface area contributed by atoms with E-state index in [0.717, 1.165) is 25.7 Å². The zero-order valence-electron chi connectivity index (χ0n) is 13.5. The van der Waals surface area contributed by atoms with E-state index in [4.69, 9.17) is 0 Å². The van der Waals surface area contributed by atoms with Gasteiger partial charge in [-0.15, -0.1) is 11.3 Å². The predicted molar refractivity (Wildman–Crippen MR) is 91.1 cm³/mol. The van der Waals surface area contributed by atoms with E-state index in [2.05, 4.69) is 15.0 Å². The molecule has 2 aromatic heterocycles. The first-order chi connectivity index (χ1) is 12.1. The third kappa shape index (κ3) is 2.90. The first-order valence-corrected chi connectivity index (χ1v) is 9.25. The third-order valence-electron chi connectivity index (χ3n) is 5.08. The van der Waals surface area contributed by atoms with Crippen molar-refractivity contribution in [2.24, 2.45) is 5.92 Å². The van der Waals surface area contributed by atoms with Gasteiger partial charge in [-0.3, -0.25) is 4.79 Å². The molecule has 7 nitrogen and oxygen atoms in total. The van der Waals surface area contributed by atoms with Crippen molar-refractivity contribution < 1.29 is 14.7 Å². The first kappa shape index (κ1) is 16.1. The quantitative estimate of drug-likeness (QED) is 0.905. The Morgan fingerprint density at radius 2 is 1.92 bits per heavy atom. The van der Waals surface area contributed by atoms with Crippen LogP contribution in [0, 0.1) is 5.92 Å². The Bertz CT molecular complexity index is 794. The molecule has 1 amide bonds. The number of carbonyl (C=O) groups excluding carboxylic acids is 1. The van der Waals surface area contributed by atoms with E-state index < -0.39 is 12.0 Å². The average Bonchev–Trinajstić information content (AvgIpc) is 3.27. The van der Waals surface area contributed by atoms with E-state index in [-0.39, 0.29) is 11.9 Å². The molecule has 3 atom stereocenters. The summed E-state index contributed by atoms with van der Waals surface area (Å²) < 4.78 is 0. The first-order valence-electron chi connectivity index (χ1n) is 8.44. The number of rotatable bonds is 3. The number of carboxylic acid groups (broad SMARTS) is 1. The van der Waals surface area contributed by atoms with Crippen LogP contribution < -0.4 is 0 Å². The van der Waals surface area contributed by atoms with Gasteiger partial charge in [-0.1, -0.05) is 12.8 Å². The second-order valence-corrected chi connectivity index (χ2v) is 7.55. The molecule has 0 spiro atoms. The van der Waals surface area contributed by atoms with Gasteiger partial charge in [-0.25, -0.2) is 19.7 Å². The smallest absolute Gasteiger partial charge is 0.326 e. The molecule has 0 unspecified atom stereocenters. The lowest BCUT2D eigenvalue weighted by molar-refractivity contribution is -0.141. The van der Waals surface area contributed by atoms with Gasteiger partial charge < -0.3 is 10.0 Å². The minimum absolute atomic E-state index is 0.0286. The molecule has 0 radical (unpaired) electrons. The number of thiazole rings is 1. The molecule has 2 aliphatic rings. The van der Waals surface area contributed by atoms with E-state index in [1.807, 2.05) is 0 Å². The summed E-state index contributed by atoms with van der Waals surface area (Å²) in [5, 5.41) is 10.1.